The molecule has 0 aliphatic carbocycles. The molecule has 1 aromatic carbocycles. The second-order valence-electron chi connectivity index (χ2n) is 5.20. The molecule has 1 heterocycles. The van der Waals surface area contributed by atoms with Gasteiger partial charge in [0.1, 0.15) is 0 Å². The van der Waals surface area contributed by atoms with Crippen molar-refractivity contribution in [2.75, 3.05) is 25.0 Å². The van der Waals surface area contributed by atoms with Crippen LogP contribution in [0.4, 0.5) is 5.69 Å². The van der Waals surface area contributed by atoms with E-state index in [2.05, 4.69) is 30.7 Å². The third-order valence-electron chi connectivity index (χ3n) is 3.91. The first-order valence-electron chi connectivity index (χ1n) is 6.39. The van der Waals surface area contributed by atoms with Crippen molar-refractivity contribution in [3.8, 4) is 0 Å². The van der Waals surface area contributed by atoms with Gasteiger partial charge in [-0.3, -0.25) is 4.90 Å². The largest absolute Gasteiger partial charge is 0.392 e. The lowest BCUT2D eigenvalue weighted by Gasteiger charge is -2.44. The fraction of sp³-hybridized carbons (Fsp3) is 0.571. The Balaban J connectivity index is 2.26. The molecule has 0 amide bonds. The van der Waals surface area contributed by atoms with E-state index in [1.807, 2.05) is 18.2 Å². The van der Waals surface area contributed by atoms with Crippen LogP contribution in [0.25, 0.3) is 0 Å². The number of anilines is 1. The third-order valence-corrected chi connectivity index (χ3v) is 4.15. The van der Waals surface area contributed by atoms with E-state index in [1.165, 1.54) is 0 Å². The molecule has 2 rings (SSSR count). The summed E-state index contributed by atoms with van der Waals surface area (Å²) >= 11 is 5.98. The van der Waals surface area contributed by atoms with Crippen LogP contribution in [0.5, 0.6) is 0 Å². The van der Waals surface area contributed by atoms with E-state index in [0.29, 0.717) is 17.1 Å². The summed E-state index contributed by atoms with van der Waals surface area (Å²) in [4.78, 5) is 4.74. The van der Waals surface area contributed by atoms with Crippen molar-refractivity contribution in [3.05, 3.63) is 28.8 Å². The summed E-state index contributed by atoms with van der Waals surface area (Å²) in [7, 11) is 2.17. The molecule has 1 N–H and O–H groups in total. The topological polar surface area (TPSA) is 26.7 Å². The van der Waals surface area contributed by atoms with E-state index < -0.39 is 0 Å². The second-order valence-corrected chi connectivity index (χ2v) is 5.64. The van der Waals surface area contributed by atoms with Gasteiger partial charge in [0.15, 0.2) is 0 Å². The van der Waals surface area contributed by atoms with Crippen LogP contribution in [0.3, 0.4) is 0 Å². The quantitative estimate of drug-likeness (QED) is 0.892. The van der Waals surface area contributed by atoms with Crippen LogP contribution in [-0.2, 0) is 6.61 Å². The Labute approximate surface area is 114 Å². The molecular formula is C14H21ClN2O. The van der Waals surface area contributed by atoms with E-state index in [0.717, 1.165) is 24.3 Å². The summed E-state index contributed by atoms with van der Waals surface area (Å²) < 4.78 is 0. The molecule has 0 radical (unpaired) electrons. The number of benzene rings is 1. The average Bonchev–Trinajstić information content (AvgIpc) is 2.35. The second kappa shape index (κ2) is 5.47. The molecule has 1 aliphatic rings. The fourth-order valence-electron chi connectivity index (χ4n) is 2.59. The Hall–Kier alpha value is -0.770. The zero-order valence-electron chi connectivity index (χ0n) is 11.2. The number of rotatable bonds is 2. The van der Waals surface area contributed by atoms with Crippen molar-refractivity contribution in [3.63, 3.8) is 0 Å². The van der Waals surface area contributed by atoms with Gasteiger partial charge in [0.25, 0.3) is 0 Å². The lowest BCUT2D eigenvalue weighted by Crippen LogP contribution is -2.55. The van der Waals surface area contributed by atoms with Crippen molar-refractivity contribution in [2.24, 2.45) is 0 Å². The highest BCUT2D eigenvalue weighted by atomic mass is 35.5. The van der Waals surface area contributed by atoms with E-state index >= 15 is 0 Å². The molecule has 100 valence electrons. The van der Waals surface area contributed by atoms with Crippen LogP contribution in [0.15, 0.2) is 18.2 Å². The normalized spacial score (nSPS) is 25.5. The molecular weight excluding hydrogens is 248 g/mol. The lowest BCUT2D eigenvalue weighted by molar-refractivity contribution is 0.169. The van der Waals surface area contributed by atoms with E-state index in [-0.39, 0.29) is 6.61 Å². The Kier molecular flexibility index (Phi) is 4.15. The number of aliphatic hydroxyl groups is 1. The SMILES string of the molecule is CC1CN(c2ccc(Cl)cc2CO)CC(C)N1C. The van der Waals surface area contributed by atoms with Gasteiger partial charge in [0.2, 0.25) is 0 Å². The summed E-state index contributed by atoms with van der Waals surface area (Å²) in [6, 6.07) is 6.78. The molecule has 0 spiro atoms. The van der Waals surface area contributed by atoms with Gasteiger partial charge in [-0.25, -0.2) is 0 Å². The van der Waals surface area contributed by atoms with Crippen molar-refractivity contribution in [1.29, 1.82) is 0 Å². The van der Waals surface area contributed by atoms with Crippen molar-refractivity contribution in [1.82, 2.24) is 4.90 Å². The molecule has 2 unspecified atom stereocenters. The molecule has 2 atom stereocenters. The van der Waals surface area contributed by atoms with Gasteiger partial charge >= 0.3 is 0 Å². The van der Waals surface area contributed by atoms with Crippen LogP contribution in [-0.4, -0.2) is 42.2 Å². The highest BCUT2D eigenvalue weighted by Crippen LogP contribution is 2.27. The number of halogens is 1. The Morgan fingerprint density at radius 3 is 2.44 bits per heavy atom. The average molecular weight is 269 g/mol. The third kappa shape index (κ3) is 2.63. The summed E-state index contributed by atoms with van der Waals surface area (Å²) in [5.74, 6) is 0. The Bertz CT molecular complexity index is 412. The molecule has 18 heavy (non-hydrogen) atoms. The van der Waals surface area contributed by atoms with Crippen LogP contribution in [0, 0.1) is 0 Å². The standard InChI is InChI=1S/C14H21ClN2O/c1-10-7-17(8-11(2)16(10)3)14-5-4-13(15)6-12(14)9-18/h4-6,10-11,18H,7-9H2,1-3H3. The lowest BCUT2D eigenvalue weighted by atomic mass is 10.1. The molecule has 3 nitrogen and oxygen atoms in total. The number of likely N-dealkylation sites (N-methyl/N-ethyl adjacent to an activating group) is 1. The monoisotopic (exact) mass is 268 g/mol. The van der Waals surface area contributed by atoms with Gasteiger partial charge in [-0.15, -0.1) is 0 Å². The molecule has 1 fully saturated rings. The minimum absolute atomic E-state index is 0.0327. The first kappa shape index (κ1) is 13.7. The first-order valence-corrected chi connectivity index (χ1v) is 6.77. The maximum atomic E-state index is 9.46. The number of hydrogen-bond acceptors (Lipinski definition) is 3. The van der Waals surface area contributed by atoms with Crippen molar-refractivity contribution in [2.45, 2.75) is 32.5 Å². The summed E-state index contributed by atoms with van der Waals surface area (Å²) in [5, 5.41) is 10.1. The molecule has 1 aromatic rings. The van der Waals surface area contributed by atoms with Crippen LogP contribution in [0.2, 0.25) is 5.02 Å². The van der Waals surface area contributed by atoms with Gasteiger partial charge in [-0.1, -0.05) is 11.6 Å². The minimum Gasteiger partial charge on any atom is -0.392 e. The predicted molar refractivity (Wildman–Crippen MR) is 76.3 cm³/mol. The Morgan fingerprint density at radius 2 is 1.89 bits per heavy atom. The fourth-order valence-corrected chi connectivity index (χ4v) is 2.79. The van der Waals surface area contributed by atoms with Gasteiger partial charge in [0.05, 0.1) is 6.61 Å². The number of aliphatic hydroxyl groups excluding tert-OH is 1. The highest BCUT2D eigenvalue weighted by molar-refractivity contribution is 6.30. The van der Waals surface area contributed by atoms with Crippen molar-refractivity contribution >= 4 is 17.3 Å². The molecule has 0 bridgehead atoms. The number of piperazine rings is 1. The van der Waals surface area contributed by atoms with Crippen LogP contribution in [0.1, 0.15) is 19.4 Å². The zero-order chi connectivity index (χ0) is 13.3. The molecule has 0 aromatic heterocycles. The van der Waals surface area contributed by atoms with E-state index in [9.17, 15) is 5.11 Å². The number of nitrogens with zero attached hydrogens (tertiary/aromatic N) is 2. The predicted octanol–water partition coefficient (Wildman–Crippen LogP) is 2.36. The Morgan fingerprint density at radius 1 is 1.28 bits per heavy atom. The summed E-state index contributed by atoms with van der Waals surface area (Å²) in [6.45, 7) is 6.46. The van der Waals surface area contributed by atoms with Crippen LogP contribution >= 0.6 is 11.6 Å². The van der Waals surface area contributed by atoms with Gasteiger partial charge < -0.3 is 10.0 Å². The van der Waals surface area contributed by atoms with Gasteiger partial charge in [-0.05, 0) is 39.1 Å². The molecule has 4 heteroatoms. The van der Waals surface area contributed by atoms with Crippen molar-refractivity contribution < 1.29 is 5.11 Å². The number of hydrogen-bond donors (Lipinski definition) is 1. The summed E-state index contributed by atoms with van der Waals surface area (Å²) in [5.41, 5.74) is 2.01. The smallest absolute Gasteiger partial charge is 0.0702 e. The summed E-state index contributed by atoms with van der Waals surface area (Å²) in [6.07, 6.45) is 0. The minimum atomic E-state index is 0.0327. The van der Waals surface area contributed by atoms with Gasteiger partial charge in [0, 0.05) is 41.4 Å². The first-order chi connectivity index (χ1) is 8.52. The molecule has 1 aliphatic heterocycles. The van der Waals surface area contributed by atoms with E-state index in [4.69, 9.17) is 11.6 Å². The maximum absolute atomic E-state index is 9.46. The molecule has 0 saturated carbocycles. The van der Waals surface area contributed by atoms with Crippen LogP contribution < -0.4 is 4.90 Å². The maximum Gasteiger partial charge on any atom is 0.0702 e. The highest BCUT2D eigenvalue weighted by Gasteiger charge is 2.27. The zero-order valence-corrected chi connectivity index (χ0v) is 12.0. The molecule has 1 saturated heterocycles. The van der Waals surface area contributed by atoms with Gasteiger partial charge in [-0.2, -0.15) is 0 Å². The van der Waals surface area contributed by atoms with E-state index in [1.54, 1.807) is 0 Å².